The van der Waals surface area contributed by atoms with E-state index in [4.69, 9.17) is 14.6 Å². The van der Waals surface area contributed by atoms with E-state index in [1.807, 2.05) is 30.3 Å². The molecule has 0 bridgehead atoms. The molecule has 0 aromatic heterocycles. The molecule has 1 N–H and O–H groups in total. The molecule has 8 nitrogen and oxygen atoms in total. The minimum atomic E-state index is -1.16. The number of imide groups is 1. The van der Waals surface area contributed by atoms with E-state index in [9.17, 15) is 19.2 Å². The van der Waals surface area contributed by atoms with Crippen molar-refractivity contribution in [3.63, 3.8) is 0 Å². The zero-order chi connectivity index (χ0) is 22.4. The van der Waals surface area contributed by atoms with Crippen LogP contribution in [0.2, 0.25) is 0 Å². The Morgan fingerprint density at radius 2 is 1.74 bits per heavy atom. The fraction of sp³-hybridized carbons (Fsp3) is 0.273. The summed E-state index contributed by atoms with van der Waals surface area (Å²) in [4.78, 5) is 49.5. The molecule has 2 aromatic carbocycles. The van der Waals surface area contributed by atoms with Gasteiger partial charge in [-0.25, -0.2) is 0 Å². The van der Waals surface area contributed by atoms with Crippen LogP contribution in [0.25, 0.3) is 0 Å². The second-order valence-electron chi connectivity index (χ2n) is 6.83. The summed E-state index contributed by atoms with van der Waals surface area (Å²) in [5.41, 5.74) is 1.22. The van der Waals surface area contributed by atoms with Crippen molar-refractivity contribution in [3.05, 3.63) is 65.2 Å². The van der Waals surface area contributed by atoms with Gasteiger partial charge in [-0.15, -0.1) is 0 Å². The Morgan fingerprint density at radius 3 is 2.42 bits per heavy atom. The van der Waals surface area contributed by atoms with Crippen LogP contribution < -0.4 is 4.74 Å². The monoisotopic (exact) mass is 485 g/mol. The van der Waals surface area contributed by atoms with E-state index in [1.54, 1.807) is 29.0 Å². The number of ether oxygens (including phenoxy) is 2. The van der Waals surface area contributed by atoms with E-state index >= 15 is 0 Å². The molecule has 0 fully saturated rings. The predicted octanol–water partition coefficient (Wildman–Crippen LogP) is 1.81. The summed E-state index contributed by atoms with van der Waals surface area (Å²) >= 11 is 1.75. The van der Waals surface area contributed by atoms with E-state index in [1.165, 1.54) is 6.07 Å². The number of hydrogen-bond acceptors (Lipinski definition) is 6. The summed E-state index contributed by atoms with van der Waals surface area (Å²) in [7, 11) is 0. The van der Waals surface area contributed by atoms with Gasteiger partial charge in [-0.3, -0.25) is 0 Å². The Bertz CT molecular complexity index is 993. The third-order valence-electron chi connectivity index (χ3n) is 4.73. The van der Waals surface area contributed by atoms with Gasteiger partial charge in [-0.1, -0.05) is 30.3 Å². The summed E-state index contributed by atoms with van der Waals surface area (Å²) in [6.07, 6.45) is -0.498. The third kappa shape index (κ3) is 5.40. The van der Waals surface area contributed by atoms with Gasteiger partial charge in [0.25, 0.3) is 0 Å². The SMILES string of the molecule is O=C(O)CC[C@@H](C(=O)[As])N1C(=O)c2cccc(OCCOCc3ccccc3)c2C1=O. The maximum absolute atomic E-state index is 13.0. The molecule has 1 aliphatic heterocycles. The predicted molar refractivity (Wildman–Crippen MR) is 110 cm³/mol. The van der Waals surface area contributed by atoms with Crippen molar-refractivity contribution in [1.29, 1.82) is 0 Å². The van der Waals surface area contributed by atoms with E-state index < -0.39 is 28.4 Å². The van der Waals surface area contributed by atoms with Crippen molar-refractivity contribution in [3.8, 4) is 5.75 Å². The van der Waals surface area contributed by atoms with Crippen LogP contribution >= 0.6 is 0 Å². The van der Waals surface area contributed by atoms with Crippen LogP contribution in [0.15, 0.2) is 48.5 Å². The molecular weight excluding hydrogens is 465 g/mol. The number of carbonyl (C=O) groups excluding carboxylic acids is 3. The average molecular weight is 485 g/mol. The Morgan fingerprint density at radius 1 is 1.00 bits per heavy atom. The first-order valence-corrected chi connectivity index (χ1v) is 10.5. The van der Waals surface area contributed by atoms with Crippen molar-refractivity contribution in [2.75, 3.05) is 13.2 Å². The number of amides is 2. The van der Waals surface area contributed by atoms with Crippen LogP contribution in [-0.2, 0) is 20.9 Å². The fourth-order valence-corrected chi connectivity index (χ4v) is 3.79. The van der Waals surface area contributed by atoms with E-state index in [0.29, 0.717) is 6.61 Å². The number of fused-ring (bicyclic) bond motifs is 1. The summed E-state index contributed by atoms with van der Waals surface area (Å²) in [6, 6.07) is 13.1. The normalized spacial score (nSPS) is 13.8. The first-order valence-electron chi connectivity index (χ1n) is 9.60. The molecule has 31 heavy (non-hydrogen) atoms. The van der Waals surface area contributed by atoms with Crippen LogP contribution in [0.5, 0.6) is 5.75 Å². The van der Waals surface area contributed by atoms with Crippen LogP contribution in [-0.4, -0.2) is 68.5 Å². The molecule has 160 valence electrons. The molecule has 0 aliphatic carbocycles. The summed E-state index contributed by atoms with van der Waals surface area (Å²) in [5, 5.41) is 8.91. The van der Waals surface area contributed by atoms with Gasteiger partial charge < -0.3 is 0 Å². The number of carboxylic acids is 1. The summed E-state index contributed by atoms with van der Waals surface area (Å²) in [5.74, 6) is -2.21. The number of nitrogens with zero attached hydrogens (tertiary/aromatic N) is 1. The number of rotatable bonds is 11. The topological polar surface area (TPSA) is 110 Å². The standard InChI is InChI=1S/C22H20AsNO7/c23-20(27)16(9-10-18(25)26)24-21(28)15-7-4-8-17(19(15)22(24)29)31-12-11-30-13-14-5-2-1-3-6-14/h1-8,16H,9-13H2,(H,25,26)/t16-/m0/s1. The first-order chi connectivity index (χ1) is 14.9. The molecule has 1 aliphatic rings. The second-order valence-corrected chi connectivity index (χ2v) is 7.76. The van der Waals surface area contributed by atoms with Crippen molar-refractivity contribution in [2.45, 2.75) is 25.5 Å². The number of carbonyl (C=O) groups is 4. The molecule has 3 rings (SSSR count). The molecular formula is C22H20AsNO7. The van der Waals surface area contributed by atoms with Gasteiger partial charge in [0, 0.05) is 0 Å². The van der Waals surface area contributed by atoms with Crippen molar-refractivity contribution in [1.82, 2.24) is 4.90 Å². The van der Waals surface area contributed by atoms with Crippen molar-refractivity contribution in [2.24, 2.45) is 0 Å². The fourth-order valence-electron chi connectivity index (χ4n) is 3.27. The summed E-state index contributed by atoms with van der Waals surface area (Å²) in [6.45, 7) is 0.859. The van der Waals surface area contributed by atoms with Gasteiger partial charge in [0.2, 0.25) is 0 Å². The van der Waals surface area contributed by atoms with E-state index in [2.05, 4.69) is 0 Å². The second kappa shape index (κ2) is 10.4. The number of benzene rings is 2. The van der Waals surface area contributed by atoms with Gasteiger partial charge in [-0.05, 0) is 0 Å². The zero-order valence-corrected chi connectivity index (χ0v) is 18.4. The molecule has 2 radical (unpaired) electrons. The molecule has 1 heterocycles. The third-order valence-corrected chi connectivity index (χ3v) is 5.36. The van der Waals surface area contributed by atoms with Crippen LogP contribution in [0, 0.1) is 0 Å². The van der Waals surface area contributed by atoms with E-state index in [-0.39, 0.29) is 42.9 Å². The average Bonchev–Trinajstić information content (AvgIpc) is 3.00. The quantitative estimate of drug-likeness (QED) is 0.294. The molecule has 0 saturated heterocycles. The van der Waals surface area contributed by atoms with Gasteiger partial charge in [-0.2, -0.15) is 0 Å². The molecule has 1 atom stereocenters. The zero-order valence-electron chi connectivity index (χ0n) is 16.5. The van der Waals surface area contributed by atoms with Gasteiger partial charge in [0.1, 0.15) is 0 Å². The molecule has 2 amide bonds. The molecule has 0 spiro atoms. The molecule has 2 aromatic rings. The maximum atomic E-state index is 13.0. The number of carboxylic acid groups (broad SMARTS) is 1. The minimum absolute atomic E-state index is 0.0737. The van der Waals surface area contributed by atoms with Crippen LogP contribution in [0.1, 0.15) is 39.1 Å². The van der Waals surface area contributed by atoms with Crippen LogP contribution in [0.4, 0.5) is 0 Å². The van der Waals surface area contributed by atoms with Gasteiger partial charge in [0.05, 0.1) is 0 Å². The Kier molecular flexibility index (Phi) is 7.60. The molecule has 9 heteroatoms. The Labute approximate surface area is 187 Å². The van der Waals surface area contributed by atoms with Gasteiger partial charge in [0.15, 0.2) is 0 Å². The Balaban J connectivity index is 1.67. The van der Waals surface area contributed by atoms with Crippen molar-refractivity contribution >= 4 is 39.2 Å². The Hall–Kier alpha value is -2.96. The molecule has 0 saturated carbocycles. The first kappa shape index (κ1) is 22.7. The molecule has 0 unspecified atom stereocenters. The number of aliphatic carboxylic acids is 1. The van der Waals surface area contributed by atoms with E-state index in [0.717, 1.165) is 10.5 Å². The van der Waals surface area contributed by atoms with Crippen LogP contribution in [0.3, 0.4) is 0 Å². The number of hydrogen-bond donors (Lipinski definition) is 1. The van der Waals surface area contributed by atoms with Crippen molar-refractivity contribution < 1.29 is 33.8 Å². The summed E-state index contributed by atoms with van der Waals surface area (Å²) < 4.78 is 10.7. The van der Waals surface area contributed by atoms with Gasteiger partial charge >= 0.3 is 157 Å².